The molecule has 0 aliphatic rings. The van der Waals surface area contributed by atoms with E-state index in [0.29, 0.717) is 22.9 Å². The second-order valence-corrected chi connectivity index (χ2v) is 10.8. The Morgan fingerprint density at radius 3 is 1.65 bits per heavy atom. The molecule has 8 heteroatoms. The molecule has 0 aliphatic heterocycles. The van der Waals surface area contributed by atoms with Crippen LogP contribution in [0.5, 0.6) is 0 Å². The lowest BCUT2D eigenvalue weighted by Gasteiger charge is -2.26. The molecule has 2 nitrogen and oxygen atoms in total. The maximum Gasteiger partial charge on any atom is 0.416 e. The van der Waals surface area contributed by atoms with Crippen molar-refractivity contribution < 1.29 is 31.4 Å². The Balaban J connectivity index is 1.96. The molecule has 0 fully saturated rings. The van der Waals surface area contributed by atoms with Crippen LogP contribution in [0.4, 0.5) is 26.3 Å². The normalized spacial score (nSPS) is 13.6. The summed E-state index contributed by atoms with van der Waals surface area (Å²) in [4.78, 5) is 2.22. The van der Waals surface area contributed by atoms with Crippen LogP contribution in [-0.2, 0) is 12.4 Å². The molecule has 0 aliphatic carbocycles. The fraction of sp³-hybridized carbons (Fsp3) is 0.562. The zero-order valence-electron chi connectivity index (χ0n) is 23.5. The van der Waals surface area contributed by atoms with Crippen LogP contribution in [0.15, 0.2) is 42.5 Å². The van der Waals surface area contributed by atoms with Gasteiger partial charge in [0.25, 0.3) is 0 Å². The van der Waals surface area contributed by atoms with Crippen molar-refractivity contribution in [2.24, 2.45) is 0 Å². The minimum atomic E-state index is -4.65. The zero-order chi connectivity index (χ0) is 29.3. The third-order valence-electron chi connectivity index (χ3n) is 7.59. The van der Waals surface area contributed by atoms with Crippen molar-refractivity contribution in [3.8, 4) is 0 Å². The molecule has 1 atom stereocenters. The van der Waals surface area contributed by atoms with Crippen LogP contribution in [0.3, 0.4) is 0 Å². The Hall–Kier alpha value is -2.32. The molecule has 1 N–H and O–H groups in total. The van der Waals surface area contributed by atoms with Gasteiger partial charge < -0.3 is 10.0 Å². The van der Waals surface area contributed by atoms with Crippen LogP contribution in [-0.4, -0.2) is 29.6 Å². The lowest BCUT2D eigenvalue weighted by atomic mass is 9.92. The van der Waals surface area contributed by atoms with Crippen LogP contribution in [0, 0.1) is 0 Å². The number of hydrogen-bond donors (Lipinski definition) is 1. The number of alkyl halides is 6. The summed E-state index contributed by atoms with van der Waals surface area (Å²) in [6, 6.07) is 7.81. The van der Waals surface area contributed by atoms with Gasteiger partial charge in [-0.1, -0.05) is 77.3 Å². The fourth-order valence-electron chi connectivity index (χ4n) is 5.32. The van der Waals surface area contributed by atoms with Crippen molar-refractivity contribution >= 4 is 21.5 Å². The Morgan fingerprint density at radius 2 is 1.12 bits per heavy atom. The van der Waals surface area contributed by atoms with Crippen LogP contribution < -0.4 is 0 Å². The SMILES string of the molecule is CCCCCCCN(CCCCCCC)CC(O)c1cc2ccc(C(F)(F)F)cc2c2cc(C(F)(F)F)ccc12. The molecule has 3 rings (SSSR count). The van der Waals surface area contributed by atoms with Crippen LogP contribution in [0.25, 0.3) is 21.5 Å². The molecule has 0 bridgehead atoms. The molecule has 0 heterocycles. The Morgan fingerprint density at radius 1 is 0.625 bits per heavy atom. The molecule has 222 valence electrons. The van der Waals surface area contributed by atoms with Gasteiger partial charge >= 0.3 is 12.4 Å². The molecule has 3 aromatic carbocycles. The van der Waals surface area contributed by atoms with Gasteiger partial charge in [-0.15, -0.1) is 0 Å². The monoisotopic (exact) mass is 569 g/mol. The fourth-order valence-corrected chi connectivity index (χ4v) is 5.32. The summed E-state index contributed by atoms with van der Waals surface area (Å²) >= 11 is 0. The largest absolute Gasteiger partial charge is 0.416 e. The lowest BCUT2D eigenvalue weighted by molar-refractivity contribution is -0.138. The molecular weight excluding hydrogens is 528 g/mol. The van der Waals surface area contributed by atoms with Crippen molar-refractivity contribution in [2.45, 2.75) is 96.5 Å². The quantitative estimate of drug-likeness (QED) is 0.112. The van der Waals surface area contributed by atoms with Crippen molar-refractivity contribution in [1.82, 2.24) is 4.90 Å². The van der Waals surface area contributed by atoms with Gasteiger partial charge in [-0.3, -0.25) is 0 Å². The first-order chi connectivity index (χ1) is 19.0. The number of unbranched alkanes of at least 4 members (excludes halogenated alkanes) is 8. The average molecular weight is 570 g/mol. The second kappa shape index (κ2) is 14.5. The van der Waals surface area contributed by atoms with E-state index in [9.17, 15) is 31.4 Å². The summed E-state index contributed by atoms with van der Waals surface area (Å²) in [5.74, 6) is 0. The van der Waals surface area contributed by atoms with Crippen LogP contribution >= 0.6 is 0 Å². The summed E-state index contributed by atoms with van der Waals surface area (Å²) in [5.41, 5.74) is -1.44. The van der Waals surface area contributed by atoms with E-state index in [0.717, 1.165) is 88.7 Å². The second-order valence-electron chi connectivity index (χ2n) is 10.8. The van der Waals surface area contributed by atoms with Gasteiger partial charge in [-0.05, 0) is 83.4 Å². The van der Waals surface area contributed by atoms with Crippen molar-refractivity contribution in [3.63, 3.8) is 0 Å². The highest BCUT2D eigenvalue weighted by Crippen LogP contribution is 2.39. The molecular formula is C32H41F6NO. The van der Waals surface area contributed by atoms with Gasteiger partial charge in [0.2, 0.25) is 0 Å². The molecule has 3 aromatic rings. The van der Waals surface area contributed by atoms with Crippen LogP contribution in [0.2, 0.25) is 0 Å². The third kappa shape index (κ3) is 8.84. The van der Waals surface area contributed by atoms with Crippen molar-refractivity contribution in [1.29, 1.82) is 0 Å². The number of nitrogens with zero attached hydrogens (tertiary/aromatic N) is 1. The number of rotatable bonds is 15. The Kier molecular flexibility index (Phi) is 11.7. The summed E-state index contributed by atoms with van der Waals surface area (Å²) in [7, 11) is 0. The van der Waals surface area contributed by atoms with E-state index in [1.165, 1.54) is 25.0 Å². The maximum absolute atomic E-state index is 13.6. The summed E-state index contributed by atoms with van der Waals surface area (Å²) in [5, 5.41) is 12.2. The summed E-state index contributed by atoms with van der Waals surface area (Å²) in [6.07, 6.45) is 0.858. The first-order valence-corrected chi connectivity index (χ1v) is 14.5. The van der Waals surface area contributed by atoms with E-state index in [1.54, 1.807) is 6.07 Å². The topological polar surface area (TPSA) is 23.5 Å². The van der Waals surface area contributed by atoms with Crippen LogP contribution in [0.1, 0.15) is 101 Å². The number of hydrogen-bond acceptors (Lipinski definition) is 2. The zero-order valence-corrected chi connectivity index (χ0v) is 23.5. The first-order valence-electron chi connectivity index (χ1n) is 14.5. The highest BCUT2D eigenvalue weighted by molar-refractivity contribution is 6.09. The molecule has 1 unspecified atom stereocenters. The first kappa shape index (κ1) is 32.2. The van der Waals surface area contributed by atoms with Gasteiger partial charge in [-0.25, -0.2) is 0 Å². The summed E-state index contributed by atoms with van der Waals surface area (Å²) < 4.78 is 81.1. The third-order valence-corrected chi connectivity index (χ3v) is 7.59. The van der Waals surface area contributed by atoms with Gasteiger partial charge in [0, 0.05) is 6.54 Å². The standard InChI is InChI=1S/C32H41F6NO/c1-3-5-7-9-11-17-39(18-12-10-8-6-4-2)22-30(40)29-19-23-13-14-24(31(33,34)35)20-27(23)28-21-25(32(36,37)38)15-16-26(28)29/h13-16,19-21,30,40H,3-12,17-18,22H2,1-2H3. The predicted molar refractivity (Wildman–Crippen MR) is 150 cm³/mol. The predicted octanol–water partition coefficient (Wildman–Crippen LogP) is 10.3. The maximum atomic E-state index is 13.6. The van der Waals surface area contributed by atoms with Gasteiger partial charge in [-0.2, -0.15) is 26.3 Å². The smallest absolute Gasteiger partial charge is 0.387 e. The number of fused-ring (bicyclic) bond motifs is 3. The lowest BCUT2D eigenvalue weighted by Crippen LogP contribution is -2.31. The molecule has 0 saturated carbocycles. The minimum Gasteiger partial charge on any atom is -0.387 e. The number of aliphatic hydroxyl groups is 1. The van der Waals surface area contributed by atoms with Gasteiger partial charge in [0.1, 0.15) is 0 Å². The molecule has 0 spiro atoms. The minimum absolute atomic E-state index is 0.0538. The Bertz CT molecular complexity index is 1210. The highest BCUT2D eigenvalue weighted by atomic mass is 19.4. The molecule has 0 saturated heterocycles. The number of benzene rings is 3. The molecule has 0 amide bonds. The van der Waals surface area contributed by atoms with Crippen molar-refractivity contribution in [3.05, 3.63) is 59.2 Å². The number of halogens is 6. The van der Waals surface area contributed by atoms with E-state index < -0.39 is 29.6 Å². The molecule has 0 radical (unpaired) electrons. The average Bonchev–Trinajstić information content (AvgIpc) is 2.90. The van der Waals surface area contributed by atoms with E-state index >= 15 is 0 Å². The van der Waals surface area contributed by atoms with E-state index in [1.807, 2.05) is 0 Å². The van der Waals surface area contributed by atoms with E-state index in [-0.39, 0.29) is 10.8 Å². The van der Waals surface area contributed by atoms with E-state index in [2.05, 4.69) is 18.7 Å². The summed E-state index contributed by atoms with van der Waals surface area (Å²) in [6.45, 7) is 6.26. The number of aliphatic hydroxyl groups excluding tert-OH is 1. The van der Waals surface area contributed by atoms with E-state index in [4.69, 9.17) is 0 Å². The highest BCUT2D eigenvalue weighted by Gasteiger charge is 2.33. The molecule has 40 heavy (non-hydrogen) atoms. The van der Waals surface area contributed by atoms with Crippen molar-refractivity contribution in [2.75, 3.05) is 19.6 Å². The van der Waals surface area contributed by atoms with Gasteiger partial charge in [0.05, 0.1) is 17.2 Å². The van der Waals surface area contributed by atoms with Gasteiger partial charge in [0.15, 0.2) is 0 Å². The Labute approximate surface area is 233 Å². The molecule has 0 aromatic heterocycles.